The minimum absolute atomic E-state index is 0.0330. The quantitative estimate of drug-likeness (QED) is 0.138. The number of carboxylic acids is 2. The summed E-state index contributed by atoms with van der Waals surface area (Å²) < 4.78 is 0. The van der Waals surface area contributed by atoms with Gasteiger partial charge in [0.2, 0.25) is 0 Å². The molecule has 224 valence electrons. The molecule has 2 aliphatic rings. The van der Waals surface area contributed by atoms with Gasteiger partial charge in [-0.2, -0.15) is 5.26 Å². The van der Waals surface area contributed by atoms with Crippen molar-refractivity contribution < 1.29 is 25.1 Å². The molecule has 2 aromatic rings. The molecule has 1 aliphatic carbocycles. The largest absolute Gasteiger partial charge is 0.481 e. The molecule has 43 heavy (non-hydrogen) atoms. The summed E-state index contributed by atoms with van der Waals surface area (Å²) in [7, 11) is 0. The number of hydrogen-bond acceptors (Lipinski definition) is 6. The number of nitrogens with two attached hydrogens (primary N) is 1. The van der Waals surface area contributed by atoms with E-state index in [0.717, 1.165) is 61.3 Å². The molecule has 9 heteroatoms. The van der Waals surface area contributed by atoms with Crippen LogP contribution in [-0.4, -0.2) is 35.2 Å². The Labute approximate surface area is 262 Å². The number of hydrogen-bond donors (Lipinski definition) is 3. The number of nitriles is 1. The van der Waals surface area contributed by atoms with Gasteiger partial charge in [-0.1, -0.05) is 68.2 Å². The van der Waals surface area contributed by atoms with Gasteiger partial charge in [0.25, 0.3) is 0 Å². The van der Waals surface area contributed by atoms with Gasteiger partial charge in [-0.05, 0) is 72.6 Å². The Hall–Kier alpha value is -3.71. The maximum Gasteiger partial charge on any atom is 0.309 e. The highest BCUT2D eigenvalue weighted by molar-refractivity contribution is 8.04. The number of allylic oxidation sites excluding steroid dienone is 5. The first-order valence-electron chi connectivity index (χ1n) is 14.2. The first-order chi connectivity index (χ1) is 20.4. The Morgan fingerprint density at radius 1 is 1.14 bits per heavy atom. The number of anilines is 1. The maximum absolute atomic E-state index is 11.5. The van der Waals surface area contributed by atoms with Crippen LogP contribution in [0.3, 0.4) is 0 Å². The van der Waals surface area contributed by atoms with Crippen LogP contribution in [0.15, 0.2) is 97.1 Å². The topological polar surface area (TPSA) is 118 Å². The average Bonchev–Trinajstić information content (AvgIpc) is 3.29. The van der Waals surface area contributed by atoms with E-state index in [-0.39, 0.29) is 18.3 Å². The maximum atomic E-state index is 11.5. The lowest BCUT2D eigenvalue weighted by atomic mass is 9.73. The Morgan fingerprint density at radius 3 is 2.56 bits per heavy atom. The monoisotopic (exact) mass is 616 g/mol. The third kappa shape index (κ3) is 8.02. The van der Waals surface area contributed by atoms with Crippen molar-refractivity contribution >= 4 is 46.8 Å². The first kappa shape index (κ1) is 32.2. The van der Waals surface area contributed by atoms with E-state index >= 15 is 0 Å². The number of carboxylic acid groups (broad SMARTS) is 2. The molecule has 0 radical (unpaired) electrons. The fourth-order valence-electron chi connectivity index (χ4n) is 5.44. The Bertz CT molecular complexity index is 1600. The predicted octanol–water partition coefficient (Wildman–Crippen LogP) is 7.16. The van der Waals surface area contributed by atoms with Gasteiger partial charge in [-0.15, -0.1) is 0 Å². The number of para-hydroxylation sites is 1. The summed E-state index contributed by atoms with van der Waals surface area (Å²) in [6, 6.07) is 16.5. The van der Waals surface area contributed by atoms with Crippen LogP contribution >= 0.6 is 23.5 Å². The number of thioether (sulfide) groups is 2. The highest BCUT2D eigenvalue weighted by Crippen LogP contribution is 2.51. The Kier molecular flexibility index (Phi) is 10.3. The zero-order valence-corrected chi connectivity index (χ0v) is 26.7. The summed E-state index contributed by atoms with van der Waals surface area (Å²) in [5.41, 5.74) is 6.68. The zero-order chi connectivity index (χ0) is 31.3. The van der Waals surface area contributed by atoms with E-state index in [4.69, 9.17) is 5.11 Å². The van der Waals surface area contributed by atoms with Gasteiger partial charge in [0.05, 0.1) is 40.6 Å². The molecule has 0 amide bonds. The predicted molar refractivity (Wildman–Crippen MR) is 173 cm³/mol. The lowest BCUT2D eigenvalue weighted by molar-refractivity contribution is -0.572. The molecule has 0 spiro atoms. The molecule has 1 heterocycles. The van der Waals surface area contributed by atoms with Crippen molar-refractivity contribution in [1.29, 1.82) is 5.26 Å². The Balaban J connectivity index is 1.70. The number of aryl methyl sites for hydroxylation is 1. The summed E-state index contributed by atoms with van der Waals surface area (Å²) in [6.07, 6.45) is 3.78. The van der Waals surface area contributed by atoms with Crippen LogP contribution < -0.4 is 10.2 Å². The molecule has 0 aromatic heterocycles. The molecular formula is C34H38N3O4S2+. The van der Waals surface area contributed by atoms with Gasteiger partial charge in [0.1, 0.15) is 11.8 Å². The van der Waals surface area contributed by atoms with Crippen molar-refractivity contribution in [3.05, 3.63) is 92.9 Å². The zero-order valence-electron chi connectivity index (χ0n) is 25.1. The van der Waals surface area contributed by atoms with Gasteiger partial charge in [0, 0.05) is 22.4 Å². The molecule has 2 aromatic carbocycles. The molecule has 0 saturated heterocycles. The van der Waals surface area contributed by atoms with Crippen molar-refractivity contribution in [3.63, 3.8) is 0 Å². The van der Waals surface area contributed by atoms with E-state index in [1.165, 1.54) is 11.8 Å². The van der Waals surface area contributed by atoms with Crippen molar-refractivity contribution in [2.75, 3.05) is 18.0 Å². The fourth-order valence-corrected chi connectivity index (χ4v) is 7.60. The molecule has 0 unspecified atom stereocenters. The third-order valence-electron chi connectivity index (χ3n) is 7.48. The van der Waals surface area contributed by atoms with Gasteiger partial charge in [0.15, 0.2) is 0 Å². The fraction of sp³-hybridized carbons (Fsp3) is 0.324. The van der Waals surface area contributed by atoms with Crippen LogP contribution in [0.25, 0.3) is 0 Å². The van der Waals surface area contributed by atoms with Crippen molar-refractivity contribution in [1.82, 2.24) is 0 Å². The second-order valence-electron chi connectivity index (χ2n) is 11.7. The standard InChI is InChI=1S/C34H37N3O4S2/c1-21-10-11-30-28(16-21)37(15-13-32(40)41)33(43-30)22(2)24-17-25(19-34(4,5)18-24)26(20-35)23(3)42-29-9-7-6-8-27(29)36-14-12-31(38)39/h6-11,16-17,36H,3,12-15,18-19H2,1-2,4-5H3,(H,38,39)(H,40,41)/p+1. The highest BCUT2D eigenvalue weighted by atomic mass is 32.2. The molecular weight excluding hydrogens is 579 g/mol. The molecule has 4 N–H and O–H groups in total. The Morgan fingerprint density at radius 2 is 1.86 bits per heavy atom. The summed E-state index contributed by atoms with van der Waals surface area (Å²) in [4.78, 5) is 27.3. The smallest absolute Gasteiger partial charge is 0.309 e. The average molecular weight is 617 g/mol. The number of quaternary nitrogens is 1. The normalized spacial score (nSPS) is 17.9. The first-order valence-corrected chi connectivity index (χ1v) is 15.9. The van der Waals surface area contributed by atoms with Crippen LogP contribution in [0, 0.1) is 23.7 Å². The highest BCUT2D eigenvalue weighted by Gasteiger charge is 2.33. The van der Waals surface area contributed by atoms with Crippen molar-refractivity contribution in [3.8, 4) is 6.07 Å². The molecule has 7 nitrogen and oxygen atoms in total. The number of fused-ring (bicyclic) bond motifs is 1. The molecule has 0 atom stereocenters. The number of benzene rings is 2. The second kappa shape index (κ2) is 13.7. The number of rotatable bonds is 11. The molecule has 1 aliphatic heterocycles. The minimum Gasteiger partial charge on any atom is -0.481 e. The summed E-state index contributed by atoms with van der Waals surface area (Å²) in [5, 5.41) is 31.8. The van der Waals surface area contributed by atoms with Gasteiger partial charge in [-0.25, -0.2) is 0 Å². The summed E-state index contributed by atoms with van der Waals surface area (Å²) >= 11 is 3.10. The minimum atomic E-state index is -0.838. The van der Waals surface area contributed by atoms with E-state index in [1.54, 1.807) is 11.8 Å². The molecule has 0 fully saturated rings. The van der Waals surface area contributed by atoms with Crippen LogP contribution in [0.4, 0.5) is 11.4 Å². The lowest BCUT2D eigenvalue weighted by Gasteiger charge is -2.33. The van der Waals surface area contributed by atoms with Crippen LogP contribution in [0.5, 0.6) is 0 Å². The summed E-state index contributed by atoms with van der Waals surface area (Å²) in [5.74, 6) is -1.67. The van der Waals surface area contributed by atoms with Crippen molar-refractivity contribution in [2.24, 2.45) is 5.41 Å². The summed E-state index contributed by atoms with van der Waals surface area (Å²) in [6.45, 7) is 13.6. The SMILES string of the molecule is C=C(Sc1ccccc1[NH2+]CCC(=O)O)C(C#N)=C1C=C(C(C)=C2Sc3ccc(C)cc3N2CCC(=O)O)CC(C)(C)C1. The number of carbonyl (C=O) groups is 2. The number of nitrogens with zero attached hydrogens (tertiary/aromatic N) is 2. The van der Waals surface area contributed by atoms with E-state index in [1.807, 2.05) is 36.5 Å². The van der Waals surface area contributed by atoms with Gasteiger partial charge < -0.3 is 20.4 Å². The lowest BCUT2D eigenvalue weighted by Crippen LogP contribution is -2.78. The van der Waals surface area contributed by atoms with E-state index < -0.39 is 11.9 Å². The van der Waals surface area contributed by atoms with Crippen molar-refractivity contribution in [2.45, 2.75) is 63.2 Å². The van der Waals surface area contributed by atoms with Crippen LogP contribution in [0.2, 0.25) is 0 Å². The van der Waals surface area contributed by atoms with Crippen LogP contribution in [0.1, 0.15) is 52.0 Å². The third-order valence-corrected chi connectivity index (χ3v) is 9.81. The van der Waals surface area contributed by atoms with E-state index in [9.17, 15) is 20.0 Å². The van der Waals surface area contributed by atoms with Crippen LogP contribution in [-0.2, 0) is 9.59 Å². The molecule has 4 rings (SSSR count). The van der Waals surface area contributed by atoms with Gasteiger partial charge >= 0.3 is 11.9 Å². The molecule has 0 saturated carbocycles. The second-order valence-corrected chi connectivity index (χ2v) is 13.9. The van der Waals surface area contributed by atoms with E-state index in [0.29, 0.717) is 23.6 Å². The van der Waals surface area contributed by atoms with E-state index in [2.05, 4.69) is 62.6 Å². The van der Waals surface area contributed by atoms with Gasteiger partial charge in [-0.3, -0.25) is 9.59 Å². The molecule has 0 bridgehead atoms. The number of aliphatic carboxylic acids is 2.